The van der Waals surface area contributed by atoms with Gasteiger partial charge in [0.05, 0.1) is 18.9 Å². The molecule has 4 nitrogen and oxygen atoms in total. The quantitative estimate of drug-likeness (QED) is 0.298. The highest BCUT2D eigenvalue weighted by Crippen LogP contribution is 2.46. The Bertz CT molecular complexity index is 848. The Morgan fingerprint density at radius 3 is 2.00 bits per heavy atom. The minimum atomic E-state index is 0.764. The predicted octanol–water partition coefficient (Wildman–Crippen LogP) is 5.21. The number of pyridine rings is 1. The van der Waals surface area contributed by atoms with Gasteiger partial charge in [-0.2, -0.15) is 0 Å². The molecule has 0 saturated heterocycles. The summed E-state index contributed by atoms with van der Waals surface area (Å²) in [4.78, 5) is 4.48. The van der Waals surface area contributed by atoms with Gasteiger partial charge in [0.1, 0.15) is 11.0 Å². The summed E-state index contributed by atoms with van der Waals surface area (Å²) < 4.78 is 3.51. The second-order valence-corrected chi connectivity index (χ2v) is 7.37. The van der Waals surface area contributed by atoms with Gasteiger partial charge in [0.15, 0.2) is 0 Å². The zero-order valence-corrected chi connectivity index (χ0v) is 15.8. The maximum absolute atomic E-state index is 4.48. The maximum atomic E-state index is 4.48. The lowest BCUT2D eigenvalue weighted by molar-refractivity contribution is 0.914. The molecule has 0 aliphatic heterocycles. The minimum Gasteiger partial charge on any atom is -0.255 e. The summed E-state index contributed by atoms with van der Waals surface area (Å²) in [5.41, 5.74) is 2.40. The Hall–Kier alpha value is -0.440. The third kappa shape index (κ3) is 1.56. The van der Waals surface area contributed by atoms with Crippen molar-refractivity contribution in [1.29, 1.82) is 0 Å². The zero-order chi connectivity index (χ0) is 14.0. The van der Waals surface area contributed by atoms with Crippen LogP contribution in [0.4, 0.5) is 0 Å². The molecule has 0 bridgehead atoms. The lowest BCUT2D eigenvalue weighted by Crippen LogP contribution is -1.97. The Labute approximate surface area is 146 Å². The number of aromatic nitrogens is 4. The van der Waals surface area contributed by atoms with Crippen LogP contribution in [0.5, 0.6) is 0 Å². The summed E-state index contributed by atoms with van der Waals surface area (Å²) >= 11 is 14.3. The standard InChI is InChI=1S/C12H2Br4N4/c13-6-3-1-2-17-10-4(3)5-11(7(6)14)18-20-19-12(5)9(16)8(10)15/h1-2H. The molecule has 0 atom stereocenters. The second kappa shape index (κ2) is 4.53. The summed E-state index contributed by atoms with van der Waals surface area (Å²) in [6.07, 6.45) is 1.79. The van der Waals surface area contributed by atoms with Crippen molar-refractivity contribution in [3.63, 3.8) is 0 Å². The molecule has 0 aliphatic rings. The lowest BCUT2D eigenvalue weighted by atomic mass is 10.0. The van der Waals surface area contributed by atoms with E-state index in [4.69, 9.17) is 0 Å². The molecule has 0 aliphatic carbocycles. The van der Waals surface area contributed by atoms with Crippen LogP contribution in [0.15, 0.2) is 30.2 Å². The van der Waals surface area contributed by atoms with Crippen molar-refractivity contribution < 1.29 is 0 Å². The van der Waals surface area contributed by atoms with Gasteiger partial charge in [-0.05, 0) is 75.0 Å². The predicted molar refractivity (Wildman–Crippen MR) is 92.1 cm³/mol. The number of benzene rings is 2. The van der Waals surface area contributed by atoms with Crippen molar-refractivity contribution >= 4 is 96.4 Å². The minimum absolute atomic E-state index is 0.764. The molecular weight excluding hydrogens is 520 g/mol. The number of nitrogens with zero attached hydrogens (tertiary/aromatic N) is 4. The highest BCUT2D eigenvalue weighted by Gasteiger charge is 2.22. The fraction of sp³-hybridized carbons (Fsp3) is 0. The first kappa shape index (κ1) is 13.2. The van der Waals surface area contributed by atoms with E-state index in [0.717, 1.165) is 50.6 Å². The van der Waals surface area contributed by atoms with E-state index in [1.807, 2.05) is 6.07 Å². The Morgan fingerprint density at radius 2 is 1.30 bits per heavy atom. The first-order valence-corrected chi connectivity index (χ1v) is 8.63. The van der Waals surface area contributed by atoms with Gasteiger partial charge >= 0.3 is 0 Å². The largest absolute Gasteiger partial charge is 0.255 e. The van der Waals surface area contributed by atoms with Crippen LogP contribution in [0, 0.1) is 0 Å². The third-order valence-electron chi connectivity index (χ3n) is 3.21. The summed E-state index contributed by atoms with van der Waals surface area (Å²) in [6, 6.07) is 1.97. The molecule has 0 spiro atoms. The van der Waals surface area contributed by atoms with E-state index in [9.17, 15) is 0 Å². The highest BCUT2D eigenvalue weighted by atomic mass is 79.9. The molecule has 98 valence electrons. The third-order valence-corrected chi connectivity index (χ3v) is 7.41. The summed E-state index contributed by atoms with van der Waals surface area (Å²) in [6.45, 7) is 0. The van der Waals surface area contributed by atoms with Crippen molar-refractivity contribution in [2.75, 3.05) is 0 Å². The van der Waals surface area contributed by atoms with E-state index in [1.54, 1.807) is 6.20 Å². The van der Waals surface area contributed by atoms with E-state index >= 15 is 0 Å². The van der Waals surface area contributed by atoms with Crippen molar-refractivity contribution in [3.8, 4) is 0 Å². The molecule has 0 N–H and O–H groups in total. The van der Waals surface area contributed by atoms with Crippen LogP contribution in [0.25, 0.3) is 32.7 Å². The van der Waals surface area contributed by atoms with Gasteiger partial charge in [-0.15, -0.1) is 10.2 Å². The van der Waals surface area contributed by atoms with E-state index < -0.39 is 0 Å². The van der Waals surface area contributed by atoms with Crippen LogP contribution in [0.2, 0.25) is 0 Å². The van der Waals surface area contributed by atoms with E-state index in [2.05, 4.69) is 84.1 Å². The van der Waals surface area contributed by atoms with Gasteiger partial charge in [-0.25, -0.2) is 0 Å². The van der Waals surface area contributed by atoms with Gasteiger partial charge in [0.25, 0.3) is 0 Å². The first-order valence-electron chi connectivity index (χ1n) is 5.46. The lowest BCUT2D eigenvalue weighted by Gasteiger charge is -2.14. The molecule has 0 radical (unpaired) electrons. The Kier molecular flexibility index (Phi) is 3.00. The zero-order valence-electron chi connectivity index (χ0n) is 9.46. The van der Waals surface area contributed by atoms with Crippen molar-refractivity contribution in [2.45, 2.75) is 0 Å². The SMILES string of the molecule is Brc1c(Br)c2nnnc3c(Br)c(Br)c4nccc1c4c23. The van der Waals surface area contributed by atoms with Crippen molar-refractivity contribution in [1.82, 2.24) is 20.4 Å². The second-order valence-electron chi connectivity index (χ2n) is 4.20. The topological polar surface area (TPSA) is 51.6 Å². The van der Waals surface area contributed by atoms with Gasteiger partial charge in [0, 0.05) is 26.8 Å². The average Bonchev–Trinajstić information content (AvgIpc) is 2.48. The Morgan fingerprint density at radius 1 is 0.700 bits per heavy atom. The molecule has 20 heavy (non-hydrogen) atoms. The number of halogens is 4. The van der Waals surface area contributed by atoms with Crippen molar-refractivity contribution in [3.05, 3.63) is 30.2 Å². The fourth-order valence-corrected chi connectivity index (χ4v) is 4.33. The van der Waals surface area contributed by atoms with Crippen LogP contribution >= 0.6 is 63.7 Å². The molecule has 0 amide bonds. The molecule has 0 saturated carbocycles. The summed E-state index contributed by atoms with van der Waals surface area (Å²) in [5, 5.41) is 15.2. The first-order chi connectivity index (χ1) is 9.61. The molecule has 2 heterocycles. The molecule has 2 aromatic carbocycles. The smallest absolute Gasteiger partial charge is 0.113 e. The molecule has 4 rings (SSSR count). The summed E-state index contributed by atoms with van der Waals surface area (Å²) in [7, 11) is 0. The molecule has 4 aromatic rings. The van der Waals surface area contributed by atoms with E-state index in [-0.39, 0.29) is 0 Å². The molecule has 0 unspecified atom stereocenters. The molecule has 8 heteroatoms. The van der Waals surface area contributed by atoms with Crippen LogP contribution in [0.1, 0.15) is 0 Å². The maximum Gasteiger partial charge on any atom is 0.113 e. The van der Waals surface area contributed by atoms with Crippen LogP contribution in [-0.4, -0.2) is 20.4 Å². The monoisotopic (exact) mass is 518 g/mol. The van der Waals surface area contributed by atoms with Crippen LogP contribution < -0.4 is 0 Å². The highest BCUT2D eigenvalue weighted by molar-refractivity contribution is 9.13. The van der Waals surface area contributed by atoms with Gasteiger partial charge in [0.2, 0.25) is 0 Å². The van der Waals surface area contributed by atoms with Gasteiger partial charge in [-0.3, -0.25) is 4.98 Å². The number of rotatable bonds is 0. The average molecular weight is 522 g/mol. The normalized spacial score (nSPS) is 12.0. The van der Waals surface area contributed by atoms with Gasteiger partial charge in [-0.1, -0.05) is 0 Å². The van der Waals surface area contributed by atoms with Crippen LogP contribution in [-0.2, 0) is 0 Å². The van der Waals surface area contributed by atoms with E-state index in [1.165, 1.54) is 0 Å². The summed E-state index contributed by atoms with van der Waals surface area (Å²) in [5.74, 6) is 0. The molecule has 2 aromatic heterocycles. The van der Waals surface area contributed by atoms with Gasteiger partial charge < -0.3 is 0 Å². The number of hydrogen-bond acceptors (Lipinski definition) is 4. The van der Waals surface area contributed by atoms with Crippen LogP contribution in [0.3, 0.4) is 0 Å². The molecule has 0 fully saturated rings. The fourth-order valence-electron chi connectivity index (χ4n) is 2.36. The Balaban J connectivity index is 2.54. The molecular formula is C12H2Br4N4. The van der Waals surface area contributed by atoms with Crippen molar-refractivity contribution in [2.24, 2.45) is 0 Å². The van der Waals surface area contributed by atoms with E-state index in [0.29, 0.717) is 0 Å². The number of hydrogen-bond donors (Lipinski definition) is 0.